The molecular formula is C17H16N4. The van der Waals surface area contributed by atoms with E-state index in [1.807, 2.05) is 44.3 Å². The molecule has 4 heteroatoms. The molecule has 0 radical (unpaired) electrons. The smallest absolute Gasteiger partial charge is 0.164 e. The van der Waals surface area contributed by atoms with Crippen molar-refractivity contribution in [2.75, 3.05) is 0 Å². The summed E-state index contributed by atoms with van der Waals surface area (Å²) in [6, 6.07) is 12.2. The summed E-state index contributed by atoms with van der Waals surface area (Å²) in [5.41, 5.74) is 4.22. The van der Waals surface area contributed by atoms with Crippen LogP contribution >= 0.6 is 0 Å². The number of pyridine rings is 1. The van der Waals surface area contributed by atoms with Crippen molar-refractivity contribution in [2.45, 2.75) is 20.8 Å². The van der Waals surface area contributed by atoms with Gasteiger partial charge in [-0.15, -0.1) is 0 Å². The monoisotopic (exact) mass is 276 g/mol. The van der Waals surface area contributed by atoms with Gasteiger partial charge >= 0.3 is 0 Å². The predicted molar refractivity (Wildman–Crippen MR) is 82.7 cm³/mol. The zero-order chi connectivity index (χ0) is 14.8. The molecule has 0 saturated heterocycles. The van der Waals surface area contributed by atoms with Gasteiger partial charge in [0.1, 0.15) is 11.6 Å². The molecule has 0 atom stereocenters. The Labute approximate surface area is 124 Å². The van der Waals surface area contributed by atoms with Gasteiger partial charge in [-0.2, -0.15) is 0 Å². The lowest BCUT2D eigenvalue weighted by Crippen LogP contribution is -1.99. The van der Waals surface area contributed by atoms with Gasteiger partial charge < -0.3 is 0 Å². The molecule has 4 nitrogen and oxygen atoms in total. The average Bonchev–Trinajstić information content (AvgIpc) is 2.47. The van der Waals surface area contributed by atoms with Gasteiger partial charge in [-0.1, -0.05) is 24.3 Å². The molecule has 0 fully saturated rings. The molecule has 0 spiro atoms. The zero-order valence-electron chi connectivity index (χ0n) is 12.3. The van der Waals surface area contributed by atoms with Gasteiger partial charge in [0.05, 0.1) is 5.69 Å². The summed E-state index contributed by atoms with van der Waals surface area (Å²) >= 11 is 0. The third-order valence-electron chi connectivity index (χ3n) is 3.30. The molecule has 0 N–H and O–H groups in total. The highest BCUT2D eigenvalue weighted by Gasteiger charge is 2.07. The van der Waals surface area contributed by atoms with Gasteiger partial charge in [-0.25, -0.2) is 15.0 Å². The van der Waals surface area contributed by atoms with E-state index in [-0.39, 0.29) is 0 Å². The summed E-state index contributed by atoms with van der Waals surface area (Å²) in [6.45, 7) is 5.82. The first-order valence-electron chi connectivity index (χ1n) is 6.85. The van der Waals surface area contributed by atoms with Gasteiger partial charge in [-0.05, 0) is 38.5 Å². The van der Waals surface area contributed by atoms with Gasteiger partial charge in [-0.3, -0.25) is 4.98 Å². The maximum absolute atomic E-state index is 4.55. The predicted octanol–water partition coefficient (Wildman–Crippen LogP) is 3.53. The van der Waals surface area contributed by atoms with Crippen LogP contribution in [0.25, 0.3) is 22.6 Å². The first-order chi connectivity index (χ1) is 10.1. The Morgan fingerprint density at radius 2 is 1.48 bits per heavy atom. The molecule has 0 aliphatic carbocycles. The minimum absolute atomic E-state index is 0.670. The minimum Gasteiger partial charge on any atom is -0.255 e. The fraction of sp³-hybridized carbons (Fsp3) is 0.176. The molecule has 3 rings (SSSR count). The van der Waals surface area contributed by atoms with Crippen LogP contribution in [0.2, 0.25) is 0 Å². The fourth-order valence-electron chi connectivity index (χ4n) is 2.29. The third-order valence-corrected chi connectivity index (χ3v) is 3.30. The van der Waals surface area contributed by atoms with Crippen molar-refractivity contribution in [3.05, 3.63) is 59.8 Å². The Hall–Kier alpha value is -2.62. The highest BCUT2D eigenvalue weighted by atomic mass is 15.0. The second-order valence-corrected chi connectivity index (χ2v) is 5.00. The molecule has 0 unspecified atom stereocenters. The summed E-state index contributed by atoms with van der Waals surface area (Å²) in [5.74, 6) is 2.12. The zero-order valence-corrected chi connectivity index (χ0v) is 12.3. The number of rotatable bonds is 2. The van der Waals surface area contributed by atoms with Crippen molar-refractivity contribution in [3.8, 4) is 22.6 Å². The van der Waals surface area contributed by atoms with Crippen LogP contribution < -0.4 is 0 Å². The Morgan fingerprint density at radius 1 is 0.762 bits per heavy atom. The van der Waals surface area contributed by atoms with Crippen LogP contribution in [-0.4, -0.2) is 19.9 Å². The highest BCUT2D eigenvalue weighted by Crippen LogP contribution is 2.23. The van der Waals surface area contributed by atoms with Crippen LogP contribution in [0, 0.1) is 20.8 Å². The molecular weight excluding hydrogens is 260 g/mol. The first kappa shape index (κ1) is 13.4. The Morgan fingerprint density at radius 3 is 2.10 bits per heavy atom. The minimum atomic E-state index is 0.670. The van der Waals surface area contributed by atoms with Crippen molar-refractivity contribution in [3.63, 3.8) is 0 Å². The lowest BCUT2D eigenvalue weighted by atomic mass is 10.0. The second kappa shape index (κ2) is 5.40. The van der Waals surface area contributed by atoms with Crippen LogP contribution in [-0.2, 0) is 0 Å². The lowest BCUT2D eigenvalue weighted by Gasteiger charge is -2.06. The summed E-state index contributed by atoms with van der Waals surface area (Å²) in [5, 5.41) is 0. The van der Waals surface area contributed by atoms with Gasteiger partial charge in [0.15, 0.2) is 5.82 Å². The fourth-order valence-corrected chi connectivity index (χ4v) is 2.29. The summed E-state index contributed by atoms with van der Waals surface area (Å²) < 4.78 is 0. The van der Waals surface area contributed by atoms with Crippen LogP contribution in [0.4, 0.5) is 0 Å². The second-order valence-electron chi connectivity index (χ2n) is 5.00. The molecule has 0 bridgehead atoms. The van der Waals surface area contributed by atoms with Crippen LogP contribution in [0.1, 0.15) is 17.2 Å². The topological polar surface area (TPSA) is 51.6 Å². The normalized spacial score (nSPS) is 10.6. The molecule has 0 aliphatic heterocycles. The quantitative estimate of drug-likeness (QED) is 0.718. The van der Waals surface area contributed by atoms with Crippen LogP contribution in [0.15, 0.2) is 42.6 Å². The molecule has 3 aromatic rings. The van der Waals surface area contributed by atoms with Crippen LogP contribution in [0.3, 0.4) is 0 Å². The molecule has 2 heterocycles. The van der Waals surface area contributed by atoms with Crippen molar-refractivity contribution in [1.82, 2.24) is 19.9 Å². The van der Waals surface area contributed by atoms with E-state index in [9.17, 15) is 0 Å². The summed E-state index contributed by atoms with van der Waals surface area (Å²) in [6.07, 6.45) is 1.82. The third kappa shape index (κ3) is 2.79. The van der Waals surface area contributed by atoms with Gasteiger partial charge in [0, 0.05) is 17.3 Å². The SMILES string of the molecule is Cc1nc(C)nc(-c2ccc(-c3ccccc3C)nc2)n1. The van der Waals surface area contributed by atoms with E-state index < -0.39 is 0 Å². The van der Waals surface area contributed by atoms with E-state index in [2.05, 4.69) is 39.0 Å². The van der Waals surface area contributed by atoms with Gasteiger partial charge in [0.25, 0.3) is 0 Å². The average molecular weight is 276 g/mol. The molecule has 0 saturated carbocycles. The number of hydrogen-bond donors (Lipinski definition) is 0. The van der Waals surface area contributed by atoms with E-state index in [0.717, 1.165) is 28.5 Å². The number of benzene rings is 1. The molecule has 0 aliphatic rings. The molecule has 21 heavy (non-hydrogen) atoms. The van der Waals surface area contributed by atoms with E-state index in [1.165, 1.54) is 5.56 Å². The van der Waals surface area contributed by atoms with Crippen molar-refractivity contribution >= 4 is 0 Å². The van der Waals surface area contributed by atoms with Crippen LogP contribution in [0.5, 0.6) is 0 Å². The number of nitrogens with zero attached hydrogens (tertiary/aromatic N) is 4. The van der Waals surface area contributed by atoms with E-state index in [4.69, 9.17) is 0 Å². The molecule has 2 aromatic heterocycles. The van der Waals surface area contributed by atoms with Crippen molar-refractivity contribution in [1.29, 1.82) is 0 Å². The van der Waals surface area contributed by atoms with E-state index >= 15 is 0 Å². The van der Waals surface area contributed by atoms with Gasteiger partial charge in [0.2, 0.25) is 0 Å². The number of aryl methyl sites for hydroxylation is 3. The first-order valence-corrected chi connectivity index (χ1v) is 6.85. The molecule has 104 valence electrons. The Kier molecular flexibility index (Phi) is 3.44. The Bertz CT molecular complexity index is 759. The number of aromatic nitrogens is 4. The largest absolute Gasteiger partial charge is 0.255 e. The maximum Gasteiger partial charge on any atom is 0.164 e. The maximum atomic E-state index is 4.55. The number of hydrogen-bond acceptors (Lipinski definition) is 4. The standard InChI is InChI=1S/C17H16N4/c1-11-6-4-5-7-15(11)16-9-8-14(10-18-16)17-20-12(2)19-13(3)21-17/h4-10H,1-3H3. The Balaban J connectivity index is 2.00. The van der Waals surface area contributed by atoms with Crippen molar-refractivity contribution in [2.24, 2.45) is 0 Å². The lowest BCUT2D eigenvalue weighted by molar-refractivity contribution is 0.927. The van der Waals surface area contributed by atoms with Crippen molar-refractivity contribution < 1.29 is 0 Å². The van der Waals surface area contributed by atoms with E-state index in [0.29, 0.717) is 5.82 Å². The highest BCUT2D eigenvalue weighted by molar-refractivity contribution is 5.65. The molecule has 1 aromatic carbocycles. The summed E-state index contributed by atoms with van der Waals surface area (Å²) in [4.78, 5) is 17.5. The summed E-state index contributed by atoms with van der Waals surface area (Å²) in [7, 11) is 0. The van der Waals surface area contributed by atoms with E-state index in [1.54, 1.807) is 0 Å². The molecule has 0 amide bonds.